The zero-order chi connectivity index (χ0) is 24.7. The first kappa shape index (κ1) is 22.5. The molecule has 4 aromatic rings. The number of rotatable bonds is 5. The Kier molecular flexibility index (Phi) is 5.66. The standard InChI is InChI=1S/C26H20ClN3O5/c1-34-17-8-4-5-14(12-17)22-21(23(31)15-6-3-7-16(27)11-15)24(32)25(33)30(22)26-28-19-10-9-18(35-2)13-20(19)29-26/h3-13,22,31H,1-2H3,(H,28,29)/b23-21+. The molecule has 3 aromatic carbocycles. The van der Waals surface area contributed by atoms with Crippen LogP contribution in [0.15, 0.2) is 72.3 Å². The average Bonchev–Trinajstić information content (AvgIpc) is 3.41. The average molecular weight is 490 g/mol. The van der Waals surface area contributed by atoms with Crippen LogP contribution in [0.2, 0.25) is 5.02 Å². The van der Waals surface area contributed by atoms with Gasteiger partial charge in [-0.05, 0) is 42.0 Å². The van der Waals surface area contributed by atoms with E-state index in [0.717, 1.165) is 0 Å². The Balaban J connectivity index is 1.73. The van der Waals surface area contributed by atoms with Crippen LogP contribution in [0.4, 0.5) is 5.95 Å². The molecule has 35 heavy (non-hydrogen) atoms. The molecular formula is C26H20ClN3O5. The van der Waals surface area contributed by atoms with Crippen molar-refractivity contribution in [3.8, 4) is 11.5 Å². The number of methoxy groups -OCH3 is 2. The fourth-order valence-electron chi connectivity index (χ4n) is 4.19. The van der Waals surface area contributed by atoms with Gasteiger partial charge in [0.15, 0.2) is 0 Å². The summed E-state index contributed by atoms with van der Waals surface area (Å²) in [5.74, 6) is -0.696. The van der Waals surface area contributed by atoms with E-state index in [0.29, 0.717) is 38.7 Å². The summed E-state index contributed by atoms with van der Waals surface area (Å²) in [7, 11) is 3.07. The number of anilines is 1. The van der Waals surface area contributed by atoms with Crippen molar-refractivity contribution in [2.24, 2.45) is 0 Å². The van der Waals surface area contributed by atoms with E-state index >= 15 is 0 Å². The molecule has 1 aliphatic rings. The molecular weight excluding hydrogens is 470 g/mol. The van der Waals surface area contributed by atoms with Gasteiger partial charge >= 0.3 is 5.91 Å². The van der Waals surface area contributed by atoms with Crippen molar-refractivity contribution in [1.29, 1.82) is 0 Å². The Morgan fingerprint density at radius 2 is 1.74 bits per heavy atom. The SMILES string of the molecule is COc1cccc(C2/C(=C(\O)c3cccc(Cl)c3)C(=O)C(=O)N2c2nc3ccc(OC)cc3[nH]2)c1. The first-order valence-corrected chi connectivity index (χ1v) is 11.0. The van der Waals surface area contributed by atoms with Crippen LogP contribution in [0.25, 0.3) is 16.8 Å². The number of hydrogen-bond acceptors (Lipinski definition) is 6. The molecule has 1 unspecified atom stereocenters. The summed E-state index contributed by atoms with van der Waals surface area (Å²) in [6, 6.07) is 17.7. The third-order valence-electron chi connectivity index (χ3n) is 5.86. The summed E-state index contributed by atoms with van der Waals surface area (Å²) in [6.45, 7) is 0. The molecule has 1 saturated heterocycles. The Morgan fingerprint density at radius 3 is 2.49 bits per heavy atom. The highest BCUT2D eigenvalue weighted by Crippen LogP contribution is 2.42. The van der Waals surface area contributed by atoms with Crippen LogP contribution in [0, 0.1) is 0 Å². The number of carbonyl (C=O) groups excluding carboxylic acids is 2. The minimum Gasteiger partial charge on any atom is -0.507 e. The number of aliphatic hydroxyl groups excluding tert-OH is 1. The van der Waals surface area contributed by atoms with Gasteiger partial charge in [-0.3, -0.25) is 14.5 Å². The molecule has 1 amide bonds. The van der Waals surface area contributed by atoms with Gasteiger partial charge in [-0.2, -0.15) is 0 Å². The number of nitrogens with one attached hydrogen (secondary N) is 1. The Hall–Kier alpha value is -4.30. The maximum Gasteiger partial charge on any atom is 0.302 e. The third kappa shape index (κ3) is 3.87. The molecule has 0 spiro atoms. The maximum absolute atomic E-state index is 13.3. The highest BCUT2D eigenvalue weighted by molar-refractivity contribution is 6.51. The number of ether oxygens (including phenoxy) is 2. The number of Topliss-reactive ketones (excluding diaryl/α,β-unsaturated/α-hetero) is 1. The molecule has 2 N–H and O–H groups in total. The van der Waals surface area contributed by atoms with Gasteiger partial charge in [0, 0.05) is 16.7 Å². The lowest BCUT2D eigenvalue weighted by molar-refractivity contribution is -0.132. The van der Waals surface area contributed by atoms with Crippen LogP contribution in [-0.2, 0) is 9.59 Å². The summed E-state index contributed by atoms with van der Waals surface area (Å²) in [5, 5.41) is 11.6. The number of ketones is 1. The first-order chi connectivity index (χ1) is 16.9. The van der Waals surface area contributed by atoms with E-state index in [1.165, 1.54) is 18.1 Å². The number of amides is 1. The molecule has 2 heterocycles. The summed E-state index contributed by atoms with van der Waals surface area (Å²) in [5.41, 5.74) is 2.01. The van der Waals surface area contributed by atoms with Crippen LogP contribution < -0.4 is 14.4 Å². The number of aromatic amines is 1. The number of aromatic nitrogens is 2. The number of halogens is 1. The van der Waals surface area contributed by atoms with E-state index in [2.05, 4.69) is 9.97 Å². The Labute approximate surface area is 205 Å². The number of nitrogens with zero attached hydrogens (tertiary/aromatic N) is 2. The summed E-state index contributed by atoms with van der Waals surface area (Å²) >= 11 is 6.11. The van der Waals surface area contributed by atoms with E-state index in [9.17, 15) is 14.7 Å². The molecule has 1 aliphatic heterocycles. The number of imidazole rings is 1. The minimum atomic E-state index is -0.966. The number of H-pyrrole nitrogens is 1. The summed E-state index contributed by atoms with van der Waals surface area (Å²) in [6.07, 6.45) is 0. The van der Waals surface area contributed by atoms with Crippen LogP contribution in [0.3, 0.4) is 0 Å². The highest BCUT2D eigenvalue weighted by atomic mass is 35.5. The van der Waals surface area contributed by atoms with E-state index in [1.807, 2.05) is 0 Å². The quantitative estimate of drug-likeness (QED) is 0.236. The van der Waals surface area contributed by atoms with Gasteiger partial charge in [-0.1, -0.05) is 35.9 Å². The largest absolute Gasteiger partial charge is 0.507 e. The predicted octanol–water partition coefficient (Wildman–Crippen LogP) is 4.86. The molecule has 0 radical (unpaired) electrons. The second-order valence-electron chi connectivity index (χ2n) is 7.90. The van der Waals surface area contributed by atoms with Crippen molar-refractivity contribution in [2.45, 2.75) is 6.04 Å². The second kappa shape index (κ2) is 8.81. The fourth-order valence-corrected chi connectivity index (χ4v) is 4.38. The van der Waals surface area contributed by atoms with E-state index in [4.69, 9.17) is 21.1 Å². The third-order valence-corrected chi connectivity index (χ3v) is 6.09. The smallest absolute Gasteiger partial charge is 0.302 e. The van der Waals surface area contributed by atoms with Crippen molar-refractivity contribution >= 4 is 46.0 Å². The lowest BCUT2D eigenvalue weighted by atomic mass is 9.95. The van der Waals surface area contributed by atoms with E-state index < -0.39 is 17.7 Å². The van der Waals surface area contributed by atoms with Gasteiger partial charge in [0.2, 0.25) is 5.95 Å². The van der Waals surface area contributed by atoms with Gasteiger partial charge in [0.05, 0.1) is 36.9 Å². The monoisotopic (exact) mass is 489 g/mol. The van der Waals surface area contributed by atoms with Crippen LogP contribution in [0.5, 0.6) is 11.5 Å². The van der Waals surface area contributed by atoms with Gasteiger partial charge < -0.3 is 19.6 Å². The number of hydrogen-bond donors (Lipinski definition) is 2. The molecule has 5 rings (SSSR count). The van der Waals surface area contributed by atoms with Crippen molar-refractivity contribution in [3.63, 3.8) is 0 Å². The van der Waals surface area contributed by atoms with Crippen molar-refractivity contribution < 1.29 is 24.2 Å². The van der Waals surface area contributed by atoms with E-state index in [1.54, 1.807) is 67.8 Å². The maximum atomic E-state index is 13.3. The minimum absolute atomic E-state index is 0.0800. The lowest BCUT2D eigenvalue weighted by Gasteiger charge is -2.23. The Bertz CT molecular complexity index is 1510. The van der Waals surface area contributed by atoms with Gasteiger partial charge in [0.25, 0.3) is 5.78 Å². The molecule has 1 fully saturated rings. The topological polar surface area (TPSA) is 105 Å². The van der Waals surface area contributed by atoms with Crippen LogP contribution in [-0.4, -0.2) is 41.0 Å². The number of aliphatic hydroxyl groups is 1. The van der Waals surface area contributed by atoms with E-state index in [-0.39, 0.29) is 17.3 Å². The van der Waals surface area contributed by atoms with Crippen LogP contribution >= 0.6 is 11.6 Å². The zero-order valence-electron chi connectivity index (χ0n) is 18.8. The molecule has 8 nitrogen and oxygen atoms in total. The summed E-state index contributed by atoms with van der Waals surface area (Å²) in [4.78, 5) is 35.5. The molecule has 9 heteroatoms. The highest BCUT2D eigenvalue weighted by Gasteiger charge is 2.48. The molecule has 0 saturated carbocycles. The molecule has 0 aliphatic carbocycles. The van der Waals surface area contributed by atoms with Gasteiger partial charge in [-0.25, -0.2) is 4.98 Å². The normalized spacial score (nSPS) is 17.2. The van der Waals surface area contributed by atoms with Crippen molar-refractivity contribution in [2.75, 3.05) is 19.1 Å². The van der Waals surface area contributed by atoms with Crippen LogP contribution in [0.1, 0.15) is 17.2 Å². The number of carbonyl (C=O) groups is 2. The second-order valence-corrected chi connectivity index (χ2v) is 8.34. The molecule has 1 aromatic heterocycles. The molecule has 1 atom stereocenters. The number of fused-ring (bicyclic) bond motifs is 1. The number of benzene rings is 3. The van der Waals surface area contributed by atoms with Crippen molar-refractivity contribution in [1.82, 2.24) is 9.97 Å². The van der Waals surface area contributed by atoms with Crippen molar-refractivity contribution in [3.05, 3.63) is 88.5 Å². The fraction of sp³-hybridized carbons (Fsp3) is 0.115. The summed E-state index contributed by atoms with van der Waals surface area (Å²) < 4.78 is 10.6. The lowest BCUT2D eigenvalue weighted by Crippen LogP contribution is -2.30. The zero-order valence-corrected chi connectivity index (χ0v) is 19.5. The van der Waals surface area contributed by atoms with Gasteiger partial charge in [0.1, 0.15) is 17.3 Å². The first-order valence-electron chi connectivity index (χ1n) is 10.7. The predicted molar refractivity (Wildman–Crippen MR) is 132 cm³/mol. The van der Waals surface area contributed by atoms with Gasteiger partial charge in [-0.15, -0.1) is 0 Å². The Morgan fingerprint density at radius 1 is 1.00 bits per heavy atom. The molecule has 176 valence electrons. The molecule has 0 bridgehead atoms.